The van der Waals surface area contributed by atoms with Gasteiger partial charge in [-0.15, -0.1) is 0 Å². The molecule has 1 atom stereocenters. The van der Waals surface area contributed by atoms with Crippen LogP contribution in [0, 0.1) is 5.92 Å². The first-order valence-electron chi connectivity index (χ1n) is 5.78. The Bertz CT molecular complexity index is 278. The SMILES string of the molecule is CC1(CC2CC2)CN=C(N)N1C1CC1. The molecule has 0 spiro atoms. The maximum atomic E-state index is 5.97. The summed E-state index contributed by atoms with van der Waals surface area (Å²) >= 11 is 0. The van der Waals surface area contributed by atoms with Crippen LogP contribution < -0.4 is 5.73 Å². The van der Waals surface area contributed by atoms with Crippen LogP contribution in [0.1, 0.15) is 39.0 Å². The quantitative estimate of drug-likeness (QED) is 0.735. The van der Waals surface area contributed by atoms with E-state index in [1.807, 2.05) is 0 Å². The third-order valence-corrected chi connectivity index (χ3v) is 3.75. The standard InChI is InChI=1S/C11H19N3/c1-11(6-8-2-3-8)7-13-10(12)14(11)9-4-5-9/h8-9H,2-7H2,1H3,(H2,12,13). The topological polar surface area (TPSA) is 41.6 Å². The first kappa shape index (κ1) is 8.57. The van der Waals surface area contributed by atoms with Crippen molar-refractivity contribution in [1.82, 2.24) is 4.90 Å². The lowest BCUT2D eigenvalue weighted by molar-refractivity contribution is 0.191. The maximum absolute atomic E-state index is 5.97. The predicted octanol–water partition coefficient (Wildman–Crippen LogP) is 1.34. The Morgan fingerprint density at radius 3 is 2.71 bits per heavy atom. The Kier molecular flexibility index (Phi) is 1.62. The Hall–Kier alpha value is -0.730. The molecule has 0 amide bonds. The fraction of sp³-hybridized carbons (Fsp3) is 0.909. The molecule has 0 aromatic heterocycles. The van der Waals surface area contributed by atoms with Gasteiger partial charge in [-0.3, -0.25) is 4.99 Å². The van der Waals surface area contributed by atoms with Crippen molar-refractivity contribution in [3.63, 3.8) is 0 Å². The lowest BCUT2D eigenvalue weighted by atomic mass is 9.93. The van der Waals surface area contributed by atoms with Crippen molar-refractivity contribution in [3.05, 3.63) is 0 Å². The Morgan fingerprint density at radius 1 is 1.43 bits per heavy atom. The van der Waals surface area contributed by atoms with Gasteiger partial charge in [-0.2, -0.15) is 0 Å². The highest BCUT2D eigenvalue weighted by molar-refractivity contribution is 5.81. The Morgan fingerprint density at radius 2 is 2.14 bits per heavy atom. The average molecular weight is 193 g/mol. The normalized spacial score (nSPS) is 37.5. The van der Waals surface area contributed by atoms with Gasteiger partial charge < -0.3 is 10.6 Å². The molecule has 1 aliphatic heterocycles. The van der Waals surface area contributed by atoms with Crippen LogP contribution in [0.15, 0.2) is 4.99 Å². The molecule has 1 heterocycles. The van der Waals surface area contributed by atoms with Crippen LogP contribution in [0.25, 0.3) is 0 Å². The van der Waals surface area contributed by atoms with Gasteiger partial charge in [-0.05, 0) is 32.1 Å². The molecule has 3 heteroatoms. The number of nitrogens with zero attached hydrogens (tertiary/aromatic N) is 2. The first-order chi connectivity index (χ1) is 6.69. The number of aliphatic imine (C=N–C) groups is 1. The zero-order valence-electron chi connectivity index (χ0n) is 8.87. The van der Waals surface area contributed by atoms with Gasteiger partial charge in [0, 0.05) is 6.04 Å². The van der Waals surface area contributed by atoms with Crippen LogP contribution in [0.5, 0.6) is 0 Å². The first-order valence-corrected chi connectivity index (χ1v) is 5.78. The average Bonchev–Trinajstić information content (AvgIpc) is 2.97. The van der Waals surface area contributed by atoms with Gasteiger partial charge in [0.15, 0.2) is 5.96 Å². The molecule has 14 heavy (non-hydrogen) atoms. The van der Waals surface area contributed by atoms with Crippen LogP contribution in [0.4, 0.5) is 0 Å². The molecule has 0 saturated heterocycles. The van der Waals surface area contributed by atoms with E-state index >= 15 is 0 Å². The molecule has 0 aromatic carbocycles. The fourth-order valence-electron chi connectivity index (χ4n) is 2.75. The highest BCUT2D eigenvalue weighted by Gasteiger charge is 2.47. The predicted molar refractivity (Wildman–Crippen MR) is 57.1 cm³/mol. The third-order valence-electron chi connectivity index (χ3n) is 3.75. The molecule has 1 unspecified atom stereocenters. The smallest absolute Gasteiger partial charge is 0.192 e. The van der Waals surface area contributed by atoms with Gasteiger partial charge in [-0.25, -0.2) is 0 Å². The molecule has 0 bridgehead atoms. The summed E-state index contributed by atoms with van der Waals surface area (Å²) in [7, 11) is 0. The van der Waals surface area contributed by atoms with Crippen LogP contribution in [0.2, 0.25) is 0 Å². The van der Waals surface area contributed by atoms with Crippen molar-refractivity contribution in [2.24, 2.45) is 16.6 Å². The van der Waals surface area contributed by atoms with E-state index in [0.717, 1.165) is 18.4 Å². The van der Waals surface area contributed by atoms with E-state index in [1.165, 1.54) is 32.1 Å². The van der Waals surface area contributed by atoms with Crippen LogP contribution in [-0.4, -0.2) is 29.0 Å². The summed E-state index contributed by atoms with van der Waals surface area (Å²) in [6, 6.07) is 0.713. The zero-order valence-corrected chi connectivity index (χ0v) is 8.87. The lowest BCUT2D eigenvalue weighted by Crippen LogP contribution is -2.51. The summed E-state index contributed by atoms with van der Waals surface area (Å²) in [6.07, 6.45) is 6.78. The van der Waals surface area contributed by atoms with Crippen molar-refractivity contribution in [2.75, 3.05) is 6.54 Å². The van der Waals surface area contributed by atoms with E-state index in [0.29, 0.717) is 6.04 Å². The maximum Gasteiger partial charge on any atom is 0.192 e. The lowest BCUT2D eigenvalue weighted by Gasteiger charge is -2.36. The Labute approximate surface area is 85.4 Å². The van der Waals surface area contributed by atoms with Gasteiger partial charge in [0.05, 0.1) is 12.1 Å². The van der Waals surface area contributed by atoms with Crippen molar-refractivity contribution < 1.29 is 0 Å². The highest BCUT2D eigenvalue weighted by atomic mass is 15.4. The molecule has 2 fully saturated rings. The second-order valence-corrected chi connectivity index (χ2v) is 5.42. The van der Waals surface area contributed by atoms with Crippen molar-refractivity contribution in [3.8, 4) is 0 Å². The second kappa shape index (κ2) is 2.65. The van der Waals surface area contributed by atoms with Gasteiger partial charge in [0.1, 0.15) is 0 Å². The number of hydrogen-bond donors (Lipinski definition) is 1. The van der Waals surface area contributed by atoms with E-state index in [4.69, 9.17) is 5.73 Å². The molecule has 0 radical (unpaired) electrons. The molecule has 78 valence electrons. The van der Waals surface area contributed by atoms with Gasteiger partial charge in [-0.1, -0.05) is 12.8 Å². The second-order valence-electron chi connectivity index (χ2n) is 5.42. The fourth-order valence-corrected chi connectivity index (χ4v) is 2.75. The summed E-state index contributed by atoms with van der Waals surface area (Å²) in [5.41, 5.74) is 6.22. The molecule has 0 aromatic rings. The minimum absolute atomic E-state index is 0.256. The van der Waals surface area contributed by atoms with Crippen LogP contribution in [0.3, 0.4) is 0 Å². The minimum Gasteiger partial charge on any atom is -0.370 e. The number of rotatable bonds is 3. The van der Waals surface area contributed by atoms with Gasteiger partial charge >= 0.3 is 0 Å². The largest absolute Gasteiger partial charge is 0.370 e. The molecular formula is C11H19N3. The monoisotopic (exact) mass is 193 g/mol. The van der Waals surface area contributed by atoms with E-state index in [-0.39, 0.29) is 5.54 Å². The summed E-state index contributed by atoms with van der Waals surface area (Å²) in [5.74, 6) is 1.76. The molecule has 3 aliphatic rings. The zero-order chi connectivity index (χ0) is 9.76. The molecule has 2 saturated carbocycles. The van der Waals surface area contributed by atoms with E-state index in [9.17, 15) is 0 Å². The molecule has 3 rings (SSSR count). The summed E-state index contributed by atoms with van der Waals surface area (Å²) in [5, 5.41) is 0. The minimum atomic E-state index is 0.256. The highest BCUT2D eigenvalue weighted by Crippen LogP contribution is 2.44. The molecule has 3 nitrogen and oxygen atoms in total. The van der Waals surface area contributed by atoms with Crippen molar-refractivity contribution in [2.45, 2.75) is 50.6 Å². The van der Waals surface area contributed by atoms with E-state index in [2.05, 4.69) is 16.8 Å². The Balaban J connectivity index is 1.77. The van der Waals surface area contributed by atoms with Crippen molar-refractivity contribution >= 4 is 5.96 Å². The number of nitrogens with two attached hydrogens (primary N) is 1. The van der Waals surface area contributed by atoms with Crippen molar-refractivity contribution in [1.29, 1.82) is 0 Å². The van der Waals surface area contributed by atoms with E-state index < -0.39 is 0 Å². The third kappa shape index (κ3) is 1.30. The summed E-state index contributed by atoms with van der Waals surface area (Å²) < 4.78 is 0. The molecule has 2 N–H and O–H groups in total. The summed E-state index contributed by atoms with van der Waals surface area (Å²) in [6.45, 7) is 3.26. The number of guanidine groups is 1. The molecular weight excluding hydrogens is 174 g/mol. The van der Waals surface area contributed by atoms with Crippen LogP contribution >= 0.6 is 0 Å². The van der Waals surface area contributed by atoms with Gasteiger partial charge in [0.2, 0.25) is 0 Å². The molecule has 2 aliphatic carbocycles. The summed E-state index contributed by atoms with van der Waals surface area (Å²) in [4.78, 5) is 6.84. The van der Waals surface area contributed by atoms with Crippen LogP contribution in [-0.2, 0) is 0 Å². The van der Waals surface area contributed by atoms with E-state index in [1.54, 1.807) is 0 Å². The van der Waals surface area contributed by atoms with Gasteiger partial charge in [0.25, 0.3) is 0 Å². The number of hydrogen-bond acceptors (Lipinski definition) is 3.